The molecule has 18 heavy (non-hydrogen) atoms. The van der Waals surface area contributed by atoms with Gasteiger partial charge in [-0.1, -0.05) is 36.7 Å². The number of nitrogens with one attached hydrogen (secondary N) is 1. The molecule has 0 saturated heterocycles. The summed E-state index contributed by atoms with van der Waals surface area (Å²) in [5.41, 5.74) is 1.26. The smallest absolute Gasteiger partial charge is 0.0409 e. The van der Waals surface area contributed by atoms with Gasteiger partial charge >= 0.3 is 0 Å². The maximum absolute atomic E-state index is 6.06. The van der Waals surface area contributed by atoms with Gasteiger partial charge in [-0.15, -0.1) is 11.3 Å². The van der Waals surface area contributed by atoms with Gasteiger partial charge in [0, 0.05) is 22.0 Å². The van der Waals surface area contributed by atoms with Gasteiger partial charge in [-0.2, -0.15) is 0 Å². The number of hydrogen-bond donors (Lipinski definition) is 1. The summed E-state index contributed by atoms with van der Waals surface area (Å²) in [7, 11) is 0. The van der Waals surface area contributed by atoms with E-state index >= 15 is 0 Å². The van der Waals surface area contributed by atoms with Crippen molar-refractivity contribution in [3.05, 3.63) is 57.2 Å². The van der Waals surface area contributed by atoms with E-state index in [-0.39, 0.29) is 0 Å². The van der Waals surface area contributed by atoms with E-state index in [1.807, 2.05) is 18.2 Å². The molecule has 0 radical (unpaired) electrons. The Bertz CT molecular complexity index is 481. The highest BCUT2D eigenvalue weighted by Crippen LogP contribution is 2.25. The zero-order valence-corrected chi connectivity index (χ0v) is 12.3. The number of hydrogen-bond acceptors (Lipinski definition) is 2. The molecule has 1 nitrogen and oxygen atoms in total. The van der Waals surface area contributed by atoms with Gasteiger partial charge in [-0.25, -0.2) is 0 Å². The van der Waals surface area contributed by atoms with Crippen molar-refractivity contribution in [3.8, 4) is 0 Å². The highest BCUT2D eigenvalue weighted by Gasteiger charge is 2.14. The van der Waals surface area contributed by atoms with Gasteiger partial charge in [0.1, 0.15) is 0 Å². The Hall–Kier alpha value is -0.830. The molecular weight excluding hydrogens is 262 g/mol. The fraction of sp³-hybridized carbons (Fsp3) is 0.333. The van der Waals surface area contributed by atoms with Gasteiger partial charge in [0.05, 0.1) is 0 Å². The zero-order valence-electron chi connectivity index (χ0n) is 10.7. The molecule has 2 rings (SSSR count). The first-order valence-corrected chi connectivity index (χ1v) is 7.51. The molecule has 1 aromatic carbocycles. The lowest BCUT2D eigenvalue weighted by atomic mass is 10.0. The Kier molecular flexibility index (Phi) is 4.81. The van der Waals surface area contributed by atoms with Gasteiger partial charge in [-0.05, 0) is 42.5 Å². The van der Waals surface area contributed by atoms with Gasteiger partial charge < -0.3 is 5.32 Å². The quantitative estimate of drug-likeness (QED) is 0.793. The first-order chi connectivity index (χ1) is 8.70. The van der Waals surface area contributed by atoms with Crippen LogP contribution in [0.15, 0.2) is 41.8 Å². The third-order valence-corrected chi connectivity index (χ3v) is 4.37. The second-order valence-electron chi connectivity index (χ2n) is 4.42. The van der Waals surface area contributed by atoms with Gasteiger partial charge in [0.2, 0.25) is 0 Å². The molecule has 1 heterocycles. The molecule has 1 unspecified atom stereocenters. The van der Waals surface area contributed by atoms with Crippen molar-refractivity contribution in [2.24, 2.45) is 0 Å². The van der Waals surface area contributed by atoms with E-state index in [2.05, 4.69) is 42.7 Å². The molecule has 0 aliphatic rings. The van der Waals surface area contributed by atoms with Gasteiger partial charge in [0.15, 0.2) is 0 Å². The molecule has 0 spiro atoms. The molecule has 0 aliphatic carbocycles. The van der Waals surface area contributed by atoms with Crippen molar-refractivity contribution >= 4 is 22.9 Å². The van der Waals surface area contributed by atoms with Crippen LogP contribution in [0, 0.1) is 0 Å². The maximum atomic E-state index is 6.06. The van der Waals surface area contributed by atoms with E-state index in [1.165, 1.54) is 10.4 Å². The van der Waals surface area contributed by atoms with Crippen LogP contribution in [-0.4, -0.2) is 0 Å². The van der Waals surface area contributed by atoms with Crippen molar-refractivity contribution in [1.82, 2.24) is 5.32 Å². The second kappa shape index (κ2) is 6.37. The number of halogens is 1. The lowest BCUT2D eigenvalue weighted by Crippen LogP contribution is -2.23. The van der Waals surface area contributed by atoms with E-state index in [1.54, 1.807) is 11.3 Å². The van der Waals surface area contributed by atoms with Crippen LogP contribution in [0.3, 0.4) is 0 Å². The number of rotatable bonds is 5. The summed E-state index contributed by atoms with van der Waals surface area (Å²) in [6.45, 7) is 4.40. The van der Waals surface area contributed by atoms with E-state index in [0.717, 1.165) is 11.4 Å². The molecule has 1 N–H and O–H groups in total. The van der Waals surface area contributed by atoms with E-state index in [9.17, 15) is 0 Å². The number of benzene rings is 1. The maximum Gasteiger partial charge on any atom is 0.0409 e. The van der Waals surface area contributed by atoms with Crippen molar-refractivity contribution in [1.29, 1.82) is 0 Å². The standard InChI is InChI=1S/C15H18ClNS/c1-3-14(12-6-4-7-13(16)10-12)17-11(2)15-8-5-9-18-15/h4-11,14,17H,3H2,1-2H3/t11-,14?/m1/s1. The predicted molar refractivity (Wildman–Crippen MR) is 80.4 cm³/mol. The van der Waals surface area contributed by atoms with Crippen molar-refractivity contribution < 1.29 is 0 Å². The molecule has 2 aromatic rings. The predicted octanol–water partition coefficient (Wildman–Crippen LogP) is 5.20. The average molecular weight is 280 g/mol. The molecule has 3 heteroatoms. The van der Waals surface area contributed by atoms with Crippen molar-refractivity contribution in [2.45, 2.75) is 32.4 Å². The SMILES string of the molecule is CCC(N[C@H](C)c1cccs1)c1cccc(Cl)c1. The summed E-state index contributed by atoms with van der Waals surface area (Å²) < 4.78 is 0. The van der Waals surface area contributed by atoms with Crippen LogP contribution in [0.1, 0.15) is 42.8 Å². The Labute approximate surface area is 118 Å². The summed E-state index contributed by atoms with van der Waals surface area (Å²) in [4.78, 5) is 1.37. The Morgan fingerprint density at radius 1 is 1.28 bits per heavy atom. The molecule has 0 bridgehead atoms. The first kappa shape index (κ1) is 13.6. The van der Waals surface area contributed by atoms with Crippen LogP contribution in [-0.2, 0) is 0 Å². The van der Waals surface area contributed by atoms with Gasteiger partial charge in [-0.3, -0.25) is 0 Å². The second-order valence-corrected chi connectivity index (χ2v) is 5.84. The first-order valence-electron chi connectivity index (χ1n) is 6.25. The number of thiophene rings is 1. The van der Waals surface area contributed by atoms with E-state index in [4.69, 9.17) is 11.6 Å². The van der Waals surface area contributed by atoms with E-state index < -0.39 is 0 Å². The minimum Gasteiger partial charge on any atom is -0.303 e. The lowest BCUT2D eigenvalue weighted by molar-refractivity contribution is 0.460. The Morgan fingerprint density at radius 3 is 2.72 bits per heavy atom. The molecule has 96 valence electrons. The Morgan fingerprint density at radius 2 is 2.11 bits per heavy atom. The summed E-state index contributed by atoms with van der Waals surface area (Å²) in [6.07, 6.45) is 1.05. The van der Waals surface area contributed by atoms with Gasteiger partial charge in [0.25, 0.3) is 0 Å². The van der Waals surface area contributed by atoms with Crippen LogP contribution in [0.2, 0.25) is 5.02 Å². The fourth-order valence-corrected chi connectivity index (χ4v) is 3.04. The molecule has 0 aliphatic heterocycles. The largest absolute Gasteiger partial charge is 0.303 e. The van der Waals surface area contributed by atoms with Crippen LogP contribution in [0.4, 0.5) is 0 Å². The summed E-state index contributed by atoms with van der Waals surface area (Å²) in [6, 6.07) is 13.1. The van der Waals surface area contributed by atoms with Crippen molar-refractivity contribution in [3.63, 3.8) is 0 Å². The van der Waals surface area contributed by atoms with Crippen LogP contribution in [0.5, 0.6) is 0 Å². The van der Waals surface area contributed by atoms with Crippen LogP contribution < -0.4 is 5.32 Å². The zero-order chi connectivity index (χ0) is 13.0. The third-order valence-electron chi connectivity index (χ3n) is 3.08. The lowest BCUT2D eigenvalue weighted by Gasteiger charge is -2.22. The normalized spacial score (nSPS) is 14.4. The highest BCUT2D eigenvalue weighted by atomic mass is 35.5. The fourth-order valence-electron chi connectivity index (χ4n) is 2.09. The topological polar surface area (TPSA) is 12.0 Å². The van der Waals surface area contributed by atoms with Crippen LogP contribution in [0.25, 0.3) is 0 Å². The molecule has 0 fully saturated rings. The molecule has 2 atom stereocenters. The minimum atomic E-state index is 0.348. The molecule has 0 saturated carbocycles. The summed E-state index contributed by atoms with van der Waals surface area (Å²) >= 11 is 7.85. The summed E-state index contributed by atoms with van der Waals surface area (Å²) in [5, 5.41) is 6.59. The van der Waals surface area contributed by atoms with Crippen molar-refractivity contribution in [2.75, 3.05) is 0 Å². The highest BCUT2D eigenvalue weighted by molar-refractivity contribution is 7.10. The third kappa shape index (κ3) is 3.35. The monoisotopic (exact) mass is 279 g/mol. The van der Waals surface area contributed by atoms with Crippen LogP contribution >= 0.6 is 22.9 Å². The minimum absolute atomic E-state index is 0.348. The summed E-state index contributed by atoms with van der Waals surface area (Å²) in [5.74, 6) is 0. The average Bonchev–Trinajstić information content (AvgIpc) is 2.89. The molecule has 1 aromatic heterocycles. The Balaban J connectivity index is 2.10. The molecule has 0 amide bonds. The molecular formula is C15H18ClNS. The van der Waals surface area contributed by atoms with E-state index in [0.29, 0.717) is 12.1 Å².